The Labute approximate surface area is 144 Å². The number of amides is 1. The molecular formula is C16H20FN5OS. The summed E-state index contributed by atoms with van der Waals surface area (Å²) in [6.07, 6.45) is 4.31. The summed E-state index contributed by atoms with van der Waals surface area (Å²) in [6, 6.07) is 6.39. The third-order valence-corrected chi connectivity index (χ3v) is 5.14. The van der Waals surface area contributed by atoms with Gasteiger partial charge in [-0.05, 0) is 54.3 Å². The van der Waals surface area contributed by atoms with Crippen molar-refractivity contribution in [2.24, 2.45) is 0 Å². The quantitative estimate of drug-likeness (QED) is 0.777. The molecule has 1 amide bonds. The van der Waals surface area contributed by atoms with Crippen molar-refractivity contribution in [3.63, 3.8) is 0 Å². The van der Waals surface area contributed by atoms with E-state index < -0.39 is 0 Å². The number of hydrogen-bond acceptors (Lipinski definition) is 5. The van der Waals surface area contributed by atoms with Crippen LogP contribution in [-0.4, -0.2) is 49.4 Å². The zero-order valence-electron chi connectivity index (χ0n) is 13.6. The van der Waals surface area contributed by atoms with Gasteiger partial charge in [-0.25, -0.2) is 4.39 Å². The van der Waals surface area contributed by atoms with Crippen LogP contribution in [0.15, 0.2) is 29.4 Å². The maximum Gasteiger partial charge on any atom is 0.233 e. The molecule has 2 aromatic rings. The summed E-state index contributed by atoms with van der Waals surface area (Å²) >= 11 is 1.28. The predicted octanol–water partition coefficient (Wildman–Crippen LogP) is 2.68. The van der Waals surface area contributed by atoms with Gasteiger partial charge in [0, 0.05) is 12.6 Å². The van der Waals surface area contributed by atoms with Crippen LogP contribution < -0.4 is 0 Å². The Morgan fingerprint density at radius 2 is 2.29 bits per heavy atom. The van der Waals surface area contributed by atoms with Gasteiger partial charge in [0.2, 0.25) is 11.1 Å². The highest BCUT2D eigenvalue weighted by Gasteiger charge is 2.25. The molecule has 0 spiro atoms. The lowest BCUT2D eigenvalue weighted by Crippen LogP contribution is -2.44. The maximum atomic E-state index is 13.4. The fourth-order valence-electron chi connectivity index (χ4n) is 3.00. The lowest BCUT2D eigenvalue weighted by atomic mass is 10.0. The number of hydrogen-bond donors (Lipinski definition) is 0. The summed E-state index contributed by atoms with van der Waals surface area (Å²) < 4.78 is 14.8. The lowest BCUT2D eigenvalue weighted by Gasteiger charge is -2.35. The molecular weight excluding hydrogens is 329 g/mol. The number of nitrogens with zero attached hydrogens (tertiary/aromatic N) is 5. The Morgan fingerprint density at radius 1 is 1.42 bits per heavy atom. The van der Waals surface area contributed by atoms with E-state index in [0.717, 1.165) is 25.8 Å². The van der Waals surface area contributed by atoms with Gasteiger partial charge in [-0.3, -0.25) is 4.79 Å². The number of likely N-dealkylation sites (tertiary alicyclic amines) is 1. The predicted molar refractivity (Wildman–Crippen MR) is 89.5 cm³/mol. The summed E-state index contributed by atoms with van der Waals surface area (Å²) in [5, 5.41) is 12.0. The smallest absolute Gasteiger partial charge is 0.233 e. The number of carbonyl (C=O) groups is 1. The topological polar surface area (TPSA) is 63.9 Å². The van der Waals surface area contributed by atoms with E-state index in [0.29, 0.717) is 16.9 Å². The number of thioether (sulfide) groups is 1. The first kappa shape index (κ1) is 16.9. The zero-order valence-corrected chi connectivity index (χ0v) is 14.4. The van der Waals surface area contributed by atoms with E-state index in [1.54, 1.807) is 12.1 Å². The van der Waals surface area contributed by atoms with E-state index in [1.165, 1.54) is 35.0 Å². The first-order valence-electron chi connectivity index (χ1n) is 8.15. The third-order valence-electron chi connectivity index (χ3n) is 4.24. The Bertz CT molecular complexity index is 707. The summed E-state index contributed by atoms with van der Waals surface area (Å²) in [7, 11) is 0. The standard InChI is InChI=1S/C16H20FN5OS/c1-2-13-7-3-4-9-21(13)15(23)11-24-16-18-19-20-22(16)14-8-5-6-12(17)10-14/h5-6,8,10,13H,2-4,7,9,11H2,1H3/t13-/m1/s1. The van der Waals surface area contributed by atoms with Crippen molar-refractivity contribution in [2.45, 2.75) is 43.8 Å². The van der Waals surface area contributed by atoms with Gasteiger partial charge >= 0.3 is 0 Å². The van der Waals surface area contributed by atoms with Gasteiger partial charge in [-0.1, -0.05) is 24.8 Å². The molecule has 1 aromatic heterocycles. The highest BCUT2D eigenvalue weighted by molar-refractivity contribution is 7.99. The number of tetrazole rings is 1. The van der Waals surface area contributed by atoms with Crippen molar-refractivity contribution >= 4 is 17.7 Å². The first-order chi connectivity index (χ1) is 11.7. The molecule has 0 N–H and O–H groups in total. The van der Waals surface area contributed by atoms with Crippen molar-refractivity contribution in [3.8, 4) is 5.69 Å². The molecule has 1 aromatic carbocycles. The highest BCUT2D eigenvalue weighted by atomic mass is 32.2. The van der Waals surface area contributed by atoms with Crippen molar-refractivity contribution in [2.75, 3.05) is 12.3 Å². The Hall–Kier alpha value is -1.96. The number of halogens is 1. The molecule has 1 atom stereocenters. The second-order valence-corrected chi connectivity index (χ2v) is 6.73. The molecule has 1 aliphatic rings. The van der Waals surface area contributed by atoms with Gasteiger partial charge < -0.3 is 4.90 Å². The summed E-state index contributed by atoms with van der Waals surface area (Å²) in [5.41, 5.74) is 0.541. The van der Waals surface area contributed by atoms with E-state index in [2.05, 4.69) is 22.4 Å². The lowest BCUT2D eigenvalue weighted by molar-refractivity contribution is -0.132. The number of rotatable bonds is 5. The van der Waals surface area contributed by atoms with E-state index >= 15 is 0 Å². The fourth-order valence-corrected chi connectivity index (χ4v) is 3.78. The minimum atomic E-state index is -0.353. The van der Waals surface area contributed by atoms with Crippen LogP contribution in [0.3, 0.4) is 0 Å². The molecule has 0 radical (unpaired) electrons. The summed E-state index contributed by atoms with van der Waals surface area (Å²) in [6.45, 7) is 2.95. The molecule has 1 saturated heterocycles. The summed E-state index contributed by atoms with van der Waals surface area (Å²) in [4.78, 5) is 14.5. The van der Waals surface area contributed by atoms with E-state index in [9.17, 15) is 9.18 Å². The minimum Gasteiger partial charge on any atom is -0.339 e. The van der Waals surface area contributed by atoms with E-state index in [-0.39, 0.29) is 17.5 Å². The van der Waals surface area contributed by atoms with Crippen molar-refractivity contribution in [1.82, 2.24) is 25.1 Å². The highest BCUT2D eigenvalue weighted by Crippen LogP contribution is 2.23. The molecule has 8 heteroatoms. The molecule has 0 bridgehead atoms. The third kappa shape index (κ3) is 3.75. The largest absolute Gasteiger partial charge is 0.339 e. The van der Waals surface area contributed by atoms with Crippen molar-refractivity contribution < 1.29 is 9.18 Å². The molecule has 2 heterocycles. The van der Waals surface area contributed by atoms with Crippen molar-refractivity contribution in [3.05, 3.63) is 30.1 Å². The summed E-state index contributed by atoms with van der Waals surface area (Å²) in [5.74, 6) is 0.0427. The van der Waals surface area contributed by atoms with Crippen LogP contribution in [0.5, 0.6) is 0 Å². The minimum absolute atomic E-state index is 0.111. The fraction of sp³-hybridized carbons (Fsp3) is 0.500. The molecule has 0 saturated carbocycles. The average molecular weight is 349 g/mol. The van der Waals surface area contributed by atoms with Crippen LogP contribution in [0.4, 0.5) is 4.39 Å². The van der Waals surface area contributed by atoms with Crippen LogP contribution in [0.1, 0.15) is 32.6 Å². The van der Waals surface area contributed by atoms with Gasteiger partial charge in [-0.2, -0.15) is 4.68 Å². The SMILES string of the molecule is CC[C@@H]1CCCCN1C(=O)CSc1nnnn1-c1cccc(F)c1. The molecule has 24 heavy (non-hydrogen) atoms. The number of aromatic nitrogens is 4. The number of carbonyl (C=O) groups excluding carboxylic acids is 1. The van der Waals surface area contributed by atoms with Gasteiger partial charge in [-0.15, -0.1) is 5.10 Å². The van der Waals surface area contributed by atoms with E-state index in [4.69, 9.17) is 0 Å². The Morgan fingerprint density at radius 3 is 3.08 bits per heavy atom. The maximum absolute atomic E-state index is 13.4. The van der Waals surface area contributed by atoms with Gasteiger partial charge in [0.1, 0.15) is 5.82 Å². The average Bonchev–Trinajstić information content (AvgIpc) is 3.08. The monoisotopic (exact) mass is 349 g/mol. The van der Waals surface area contributed by atoms with Crippen LogP contribution >= 0.6 is 11.8 Å². The van der Waals surface area contributed by atoms with E-state index in [1.807, 2.05) is 4.90 Å². The molecule has 6 nitrogen and oxygen atoms in total. The molecule has 128 valence electrons. The van der Waals surface area contributed by atoms with Crippen LogP contribution in [-0.2, 0) is 4.79 Å². The Kier molecular flexibility index (Phi) is 5.44. The van der Waals surface area contributed by atoms with Gasteiger partial charge in [0.25, 0.3) is 0 Å². The zero-order chi connectivity index (χ0) is 16.9. The number of benzene rings is 1. The molecule has 0 unspecified atom stereocenters. The molecule has 1 fully saturated rings. The van der Waals surface area contributed by atoms with Gasteiger partial charge in [0.15, 0.2) is 0 Å². The van der Waals surface area contributed by atoms with Crippen molar-refractivity contribution in [1.29, 1.82) is 0 Å². The number of piperidine rings is 1. The molecule has 3 rings (SSSR count). The molecule has 0 aliphatic carbocycles. The van der Waals surface area contributed by atoms with Crippen LogP contribution in [0, 0.1) is 5.82 Å². The molecule has 1 aliphatic heterocycles. The normalized spacial score (nSPS) is 17.9. The van der Waals surface area contributed by atoms with Crippen LogP contribution in [0.2, 0.25) is 0 Å². The second-order valence-electron chi connectivity index (χ2n) is 5.79. The second kappa shape index (κ2) is 7.74. The Balaban J connectivity index is 1.67. The van der Waals surface area contributed by atoms with Crippen LogP contribution in [0.25, 0.3) is 5.69 Å². The first-order valence-corrected chi connectivity index (χ1v) is 9.14. The van der Waals surface area contributed by atoms with Gasteiger partial charge in [0.05, 0.1) is 11.4 Å².